The second-order valence-electron chi connectivity index (χ2n) is 6.07. The molecule has 2 rings (SSSR count). The number of hydrogen-bond donors (Lipinski definition) is 2. The van der Waals surface area contributed by atoms with Gasteiger partial charge in [0.25, 0.3) is 0 Å². The van der Waals surface area contributed by atoms with E-state index in [9.17, 15) is 0 Å². The fraction of sp³-hybridized carbons (Fsp3) is 0.611. The van der Waals surface area contributed by atoms with Gasteiger partial charge in [0.15, 0.2) is 5.96 Å². The molecule has 0 saturated heterocycles. The maximum absolute atomic E-state index is 5.40. The summed E-state index contributed by atoms with van der Waals surface area (Å²) in [5.41, 5.74) is 1.57. The van der Waals surface area contributed by atoms with E-state index in [1.807, 2.05) is 13.1 Å². The second-order valence-corrected chi connectivity index (χ2v) is 6.07. The van der Waals surface area contributed by atoms with Crippen molar-refractivity contribution in [3.05, 3.63) is 29.8 Å². The number of aliphatic imine (C=N–C) groups is 1. The summed E-state index contributed by atoms with van der Waals surface area (Å²) in [6.45, 7) is 4.03. The van der Waals surface area contributed by atoms with Gasteiger partial charge in [0, 0.05) is 25.6 Å². The maximum Gasteiger partial charge on any atom is 0.191 e. The molecule has 130 valence electrons. The number of rotatable bonds is 6. The fourth-order valence-electron chi connectivity index (χ4n) is 3.29. The third-order valence-corrected chi connectivity index (χ3v) is 4.60. The second kappa shape index (κ2) is 10.0. The number of halogens is 1. The topological polar surface area (TPSA) is 45.7 Å². The highest BCUT2D eigenvalue weighted by Gasteiger charge is 2.35. The summed E-state index contributed by atoms with van der Waals surface area (Å²) in [6, 6.07) is 8.53. The molecule has 0 unspecified atom stereocenters. The average Bonchev–Trinajstić information content (AvgIpc) is 3.05. The van der Waals surface area contributed by atoms with Gasteiger partial charge in [-0.3, -0.25) is 4.99 Å². The molecule has 0 heterocycles. The number of hydrogen-bond acceptors (Lipinski definition) is 2. The van der Waals surface area contributed by atoms with Gasteiger partial charge < -0.3 is 15.4 Å². The zero-order chi connectivity index (χ0) is 15.8. The van der Waals surface area contributed by atoms with Crippen molar-refractivity contribution >= 4 is 29.9 Å². The van der Waals surface area contributed by atoms with Crippen LogP contribution in [0.5, 0.6) is 5.75 Å². The van der Waals surface area contributed by atoms with Crippen LogP contribution in [0.25, 0.3) is 0 Å². The minimum atomic E-state index is 0. The van der Waals surface area contributed by atoms with Crippen LogP contribution in [0.15, 0.2) is 29.3 Å². The molecule has 0 radical (unpaired) electrons. The van der Waals surface area contributed by atoms with Crippen LogP contribution in [0, 0.1) is 0 Å². The Morgan fingerprint density at radius 3 is 2.61 bits per heavy atom. The molecule has 1 aliphatic rings. The van der Waals surface area contributed by atoms with Gasteiger partial charge in [-0.25, -0.2) is 0 Å². The van der Waals surface area contributed by atoms with Gasteiger partial charge in [-0.2, -0.15) is 0 Å². The lowest BCUT2D eigenvalue weighted by molar-refractivity contribution is 0.404. The van der Waals surface area contributed by atoms with Crippen LogP contribution in [-0.4, -0.2) is 33.2 Å². The van der Waals surface area contributed by atoms with Gasteiger partial charge >= 0.3 is 0 Å². The summed E-state index contributed by atoms with van der Waals surface area (Å²) in [4.78, 5) is 4.31. The quantitative estimate of drug-likeness (QED) is 0.410. The summed E-state index contributed by atoms with van der Waals surface area (Å²) < 4.78 is 5.40. The van der Waals surface area contributed by atoms with Crippen LogP contribution in [0.4, 0.5) is 0 Å². The zero-order valence-electron chi connectivity index (χ0n) is 14.5. The van der Waals surface area contributed by atoms with E-state index in [2.05, 4.69) is 40.7 Å². The van der Waals surface area contributed by atoms with Crippen molar-refractivity contribution in [3.63, 3.8) is 0 Å². The third-order valence-electron chi connectivity index (χ3n) is 4.60. The van der Waals surface area contributed by atoms with E-state index in [1.165, 1.54) is 31.2 Å². The van der Waals surface area contributed by atoms with Crippen LogP contribution in [0.1, 0.15) is 44.6 Å². The van der Waals surface area contributed by atoms with Gasteiger partial charge in [0.05, 0.1) is 7.11 Å². The first-order chi connectivity index (χ1) is 10.7. The van der Waals surface area contributed by atoms with Crippen LogP contribution in [0.3, 0.4) is 0 Å². The molecule has 1 aromatic carbocycles. The highest BCUT2D eigenvalue weighted by molar-refractivity contribution is 14.0. The number of nitrogens with one attached hydrogen (secondary N) is 2. The number of guanidine groups is 1. The Balaban J connectivity index is 0.00000264. The summed E-state index contributed by atoms with van der Waals surface area (Å²) in [7, 11) is 3.56. The van der Waals surface area contributed by atoms with Crippen LogP contribution >= 0.6 is 24.0 Å². The average molecular weight is 431 g/mol. The summed E-state index contributed by atoms with van der Waals surface area (Å²) in [5.74, 6) is 1.84. The van der Waals surface area contributed by atoms with Gasteiger partial charge in [-0.1, -0.05) is 31.9 Å². The van der Waals surface area contributed by atoms with Crippen molar-refractivity contribution < 1.29 is 4.74 Å². The molecule has 0 aliphatic heterocycles. The number of benzene rings is 1. The Hall–Kier alpha value is -0.980. The standard InChI is InChI=1S/C18H29N3O.HI/c1-4-12-20-17(19-2)21-14-18(10-5-6-11-18)15-8-7-9-16(13-15)22-3;/h7-9,13H,4-6,10-12,14H2,1-3H3,(H2,19,20,21);1H. The molecule has 1 aliphatic carbocycles. The van der Waals surface area contributed by atoms with Crippen LogP contribution in [-0.2, 0) is 5.41 Å². The minimum absolute atomic E-state index is 0. The van der Waals surface area contributed by atoms with Gasteiger partial charge in [0.2, 0.25) is 0 Å². The Labute approximate surface area is 157 Å². The van der Waals surface area contributed by atoms with Crippen molar-refractivity contribution in [1.82, 2.24) is 10.6 Å². The molecule has 0 aromatic heterocycles. The minimum Gasteiger partial charge on any atom is -0.497 e. The predicted molar refractivity (Wildman–Crippen MR) is 108 cm³/mol. The van der Waals surface area contributed by atoms with E-state index in [0.29, 0.717) is 0 Å². The largest absolute Gasteiger partial charge is 0.497 e. The Kier molecular flexibility index (Phi) is 8.73. The first kappa shape index (κ1) is 20.1. The molecule has 0 amide bonds. The predicted octanol–water partition coefficient (Wildman–Crippen LogP) is 3.70. The summed E-state index contributed by atoms with van der Waals surface area (Å²) >= 11 is 0. The van der Waals surface area contributed by atoms with Crippen molar-refractivity contribution in [1.29, 1.82) is 0 Å². The van der Waals surface area contributed by atoms with Crippen LogP contribution < -0.4 is 15.4 Å². The molecule has 2 N–H and O–H groups in total. The van der Waals surface area contributed by atoms with Crippen LogP contribution in [0.2, 0.25) is 0 Å². The SMILES string of the molecule is CCCNC(=NC)NCC1(c2cccc(OC)c2)CCCC1.I. The van der Waals surface area contributed by atoms with E-state index in [1.54, 1.807) is 7.11 Å². The third kappa shape index (κ3) is 5.26. The molecule has 4 nitrogen and oxygen atoms in total. The smallest absolute Gasteiger partial charge is 0.191 e. The lowest BCUT2D eigenvalue weighted by Crippen LogP contribution is -2.44. The number of methoxy groups -OCH3 is 1. The highest BCUT2D eigenvalue weighted by atomic mass is 127. The Morgan fingerprint density at radius 2 is 2.00 bits per heavy atom. The van der Waals surface area contributed by atoms with E-state index in [4.69, 9.17) is 4.74 Å². The zero-order valence-corrected chi connectivity index (χ0v) is 16.9. The van der Waals surface area contributed by atoms with E-state index in [0.717, 1.165) is 31.2 Å². The molecule has 1 aromatic rings. The molecule has 0 bridgehead atoms. The Morgan fingerprint density at radius 1 is 1.26 bits per heavy atom. The molecule has 0 atom stereocenters. The maximum atomic E-state index is 5.40. The number of ether oxygens (including phenoxy) is 1. The molecule has 0 spiro atoms. The molecular formula is C18H30IN3O. The van der Waals surface area contributed by atoms with E-state index < -0.39 is 0 Å². The highest BCUT2D eigenvalue weighted by Crippen LogP contribution is 2.41. The lowest BCUT2D eigenvalue weighted by Gasteiger charge is -2.31. The Bertz CT molecular complexity index is 499. The molecule has 5 heteroatoms. The van der Waals surface area contributed by atoms with Crippen molar-refractivity contribution in [2.75, 3.05) is 27.2 Å². The first-order valence-corrected chi connectivity index (χ1v) is 8.33. The van der Waals surface area contributed by atoms with E-state index >= 15 is 0 Å². The van der Waals surface area contributed by atoms with Crippen molar-refractivity contribution in [2.45, 2.75) is 44.4 Å². The molecule has 1 fully saturated rings. The normalized spacial score (nSPS) is 16.6. The van der Waals surface area contributed by atoms with Gasteiger partial charge in [0.1, 0.15) is 5.75 Å². The molecular weight excluding hydrogens is 401 g/mol. The van der Waals surface area contributed by atoms with E-state index in [-0.39, 0.29) is 29.4 Å². The van der Waals surface area contributed by atoms with Gasteiger partial charge in [-0.05, 0) is 37.0 Å². The molecule has 23 heavy (non-hydrogen) atoms. The van der Waals surface area contributed by atoms with Crippen molar-refractivity contribution in [2.24, 2.45) is 4.99 Å². The monoisotopic (exact) mass is 431 g/mol. The summed E-state index contributed by atoms with van der Waals surface area (Å²) in [6.07, 6.45) is 6.12. The summed E-state index contributed by atoms with van der Waals surface area (Å²) in [5, 5.41) is 6.87. The van der Waals surface area contributed by atoms with Gasteiger partial charge in [-0.15, -0.1) is 24.0 Å². The first-order valence-electron chi connectivity index (χ1n) is 8.33. The van der Waals surface area contributed by atoms with Crippen molar-refractivity contribution in [3.8, 4) is 5.75 Å². The molecule has 1 saturated carbocycles. The lowest BCUT2D eigenvalue weighted by atomic mass is 9.78. The fourth-order valence-corrected chi connectivity index (χ4v) is 3.29. The number of nitrogens with zero attached hydrogens (tertiary/aromatic N) is 1.